The van der Waals surface area contributed by atoms with Gasteiger partial charge in [0.2, 0.25) is 0 Å². The smallest absolute Gasteiger partial charge is 0.253 e. The van der Waals surface area contributed by atoms with E-state index in [9.17, 15) is 4.79 Å². The van der Waals surface area contributed by atoms with E-state index < -0.39 is 0 Å². The summed E-state index contributed by atoms with van der Waals surface area (Å²) < 4.78 is 0. The minimum Gasteiger partial charge on any atom is -0.345 e. The first-order valence-corrected chi connectivity index (χ1v) is 7.08. The number of carbonyl (C=O) groups excluding carboxylic acids is 1. The zero-order chi connectivity index (χ0) is 13.9. The molecular weight excluding hydrogens is 272 g/mol. The molecule has 1 aliphatic rings. The van der Waals surface area contributed by atoms with E-state index in [1.807, 2.05) is 24.3 Å². The van der Waals surface area contributed by atoms with E-state index in [1.165, 1.54) is 0 Å². The Balaban J connectivity index is 1.78. The van der Waals surface area contributed by atoms with Crippen molar-refractivity contribution in [1.82, 2.24) is 10.3 Å². The number of halogens is 1. The Morgan fingerprint density at radius 2 is 2.00 bits per heavy atom. The van der Waals surface area contributed by atoms with Crippen molar-refractivity contribution in [3.8, 4) is 0 Å². The molecule has 1 aromatic heterocycles. The fourth-order valence-electron chi connectivity index (χ4n) is 2.29. The molecule has 1 heterocycles. The highest BCUT2D eigenvalue weighted by atomic mass is 35.5. The average molecular weight is 287 g/mol. The Labute approximate surface area is 123 Å². The molecule has 20 heavy (non-hydrogen) atoms. The average Bonchev–Trinajstić information content (AvgIpc) is 3.31. The predicted octanol–water partition coefficient (Wildman–Crippen LogP) is 3.62. The van der Waals surface area contributed by atoms with Crippen LogP contribution < -0.4 is 5.32 Å². The van der Waals surface area contributed by atoms with Gasteiger partial charge in [-0.05, 0) is 48.6 Å². The van der Waals surface area contributed by atoms with E-state index in [1.54, 1.807) is 24.5 Å². The van der Waals surface area contributed by atoms with Crippen molar-refractivity contribution in [2.24, 2.45) is 5.92 Å². The lowest BCUT2D eigenvalue weighted by Crippen LogP contribution is -2.29. The third kappa shape index (κ3) is 2.99. The molecule has 1 saturated carbocycles. The lowest BCUT2D eigenvalue weighted by molar-refractivity contribution is 0.0931. The lowest BCUT2D eigenvalue weighted by atomic mass is 10.0. The molecule has 0 aliphatic heterocycles. The van der Waals surface area contributed by atoms with Gasteiger partial charge in [0.25, 0.3) is 5.91 Å². The van der Waals surface area contributed by atoms with Crippen LogP contribution in [0, 0.1) is 5.92 Å². The highest BCUT2D eigenvalue weighted by Crippen LogP contribution is 2.41. The van der Waals surface area contributed by atoms with E-state index in [-0.39, 0.29) is 11.9 Å². The molecule has 1 amide bonds. The van der Waals surface area contributed by atoms with Gasteiger partial charge in [0.1, 0.15) is 0 Å². The monoisotopic (exact) mass is 286 g/mol. The van der Waals surface area contributed by atoms with Crippen molar-refractivity contribution < 1.29 is 4.79 Å². The number of carbonyl (C=O) groups is 1. The van der Waals surface area contributed by atoms with Crippen LogP contribution in [0.25, 0.3) is 0 Å². The molecule has 2 aromatic rings. The summed E-state index contributed by atoms with van der Waals surface area (Å²) >= 11 is 5.92. The van der Waals surface area contributed by atoms with Crippen molar-refractivity contribution >= 4 is 17.5 Å². The van der Waals surface area contributed by atoms with Gasteiger partial charge in [-0.3, -0.25) is 9.78 Å². The zero-order valence-corrected chi connectivity index (χ0v) is 11.7. The van der Waals surface area contributed by atoms with Crippen LogP contribution >= 0.6 is 11.6 Å². The summed E-state index contributed by atoms with van der Waals surface area (Å²) in [5.74, 6) is 0.446. The van der Waals surface area contributed by atoms with Gasteiger partial charge in [-0.15, -0.1) is 0 Å². The van der Waals surface area contributed by atoms with Gasteiger partial charge in [-0.25, -0.2) is 0 Å². The molecule has 102 valence electrons. The number of hydrogen-bond acceptors (Lipinski definition) is 2. The Morgan fingerprint density at radius 3 is 2.60 bits per heavy atom. The van der Waals surface area contributed by atoms with Gasteiger partial charge in [0, 0.05) is 17.4 Å². The van der Waals surface area contributed by atoms with Gasteiger partial charge in [-0.1, -0.05) is 23.7 Å². The summed E-state index contributed by atoms with van der Waals surface area (Å²) in [6.45, 7) is 0. The Morgan fingerprint density at radius 1 is 1.25 bits per heavy atom. The molecule has 1 fully saturated rings. The van der Waals surface area contributed by atoms with Crippen molar-refractivity contribution in [1.29, 1.82) is 0 Å². The number of rotatable bonds is 4. The molecule has 4 heteroatoms. The van der Waals surface area contributed by atoms with Crippen LogP contribution in [0.1, 0.15) is 34.8 Å². The van der Waals surface area contributed by atoms with Crippen LogP contribution in [0.15, 0.2) is 48.8 Å². The van der Waals surface area contributed by atoms with Crippen molar-refractivity contribution in [3.05, 3.63) is 64.9 Å². The predicted molar refractivity (Wildman–Crippen MR) is 78.6 cm³/mol. The van der Waals surface area contributed by atoms with Gasteiger partial charge < -0.3 is 5.32 Å². The fraction of sp³-hybridized carbons (Fsp3) is 0.250. The maximum absolute atomic E-state index is 12.3. The number of hydrogen-bond donors (Lipinski definition) is 1. The number of benzene rings is 1. The first-order chi connectivity index (χ1) is 9.74. The highest BCUT2D eigenvalue weighted by Gasteiger charge is 2.33. The standard InChI is InChI=1S/C16H15ClN2O/c17-14-7-5-12(6-8-14)15(11-3-4-11)19-16(20)13-2-1-9-18-10-13/h1-2,5-11,15H,3-4H2,(H,19,20). The normalized spacial score (nSPS) is 15.7. The molecule has 1 atom stereocenters. The molecule has 3 nitrogen and oxygen atoms in total. The maximum atomic E-state index is 12.3. The molecule has 0 radical (unpaired) electrons. The molecule has 1 N–H and O–H groups in total. The summed E-state index contributed by atoms with van der Waals surface area (Å²) in [6.07, 6.45) is 5.55. The van der Waals surface area contributed by atoms with Crippen LogP contribution in [-0.2, 0) is 0 Å². The summed E-state index contributed by atoms with van der Waals surface area (Å²) in [6, 6.07) is 11.3. The Hall–Kier alpha value is -1.87. The summed E-state index contributed by atoms with van der Waals surface area (Å²) in [5.41, 5.74) is 1.70. The Kier molecular flexibility index (Phi) is 3.70. The highest BCUT2D eigenvalue weighted by molar-refractivity contribution is 6.30. The van der Waals surface area contributed by atoms with Gasteiger partial charge in [0.15, 0.2) is 0 Å². The molecule has 0 bridgehead atoms. The largest absolute Gasteiger partial charge is 0.345 e. The van der Waals surface area contributed by atoms with Crippen LogP contribution in [0.5, 0.6) is 0 Å². The summed E-state index contributed by atoms with van der Waals surface area (Å²) in [5, 5.41) is 3.82. The van der Waals surface area contributed by atoms with Crippen LogP contribution in [0.3, 0.4) is 0 Å². The van der Waals surface area contributed by atoms with Crippen molar-refractivity contribution in [2.45, 2.75) is 18.9 Å². The second kappa shape index (κ2) is 5.63. The molecule has 0 saturated heterocycles. The van der Waals surface area contributed by atoms with E-state index in [2.05, 4.69) is 10.3 Å². The van der Waals surface area contributed by atoms with Crippen LogP contribution in [0.4, 0.5) is 0 Å². The molecule has 1 unspecified atom stereocenters. The minimum atomic E-state index is -0.0788. The molecule has 1 aliphatic carbocycles. The lowest BCUT2D eigenvalue weighted by Gasteiger charge is -2.19. The summed E-state index contributed by atoms with van der Waals surface area (Å²) in [4.78, 5) is 16.2. The van der Waals surface area contributed by atoms with E-state index in [4.69, 9.17) is 11.6 Å². The van der Waals surface area contributed by atoms with Crippen LogP contribution in [0.2, 0.25) is 5.02 Å². The third-order valence-corrected chi connectivity index (χ3v) is 3.78. The number of nitrogens with zero attached hydrogens (tertiary/aromatic N) is 1. The summed E-state index contributed by atoms with van der Waals surface area (Å²) in [7, 11) is 0. The first-order valence-electron chi connectivity index (χ1n) is 6.70. The number of pyridine rings is 1. The number of amides is 1. The molecule has 0 spiro atoms. The van der Waals surface area contributed by atoms with Gasteiger partial charge >= 0.3 is 0 Å². The quantitative estimate of drug-likeness (QED) is 0.933. The zero-order valence-electron chi connectivity index (χ0n) is 10.9. The topological polar surface area (TPSA) is 42.0 Å². The second-order valence-corrected chi connectivity index (χ2v) is 5.52. The van der Waals surface area contributed by atoms with Gasteiger partial charge in [-0.2, -0.15) is 0 Å². The molecule has 3 rings (SSSR count). The maximum Gasteiger partial charge on any atom is 0.253 e. The van der Waals surface area contributed by atoms with E-state index in [0.717, 1.165) is 18.4 Å². The SMILES string of the molecule is O=C(NC(c1ccc(Cl)cc1)C1CC1)c1cccnc1. The van der Waals surface area contributed by atoms with Gasteiger partial charge in [0.05, 0.1) is 11.6 Å². The number of nitrogens with one attached hydrogen (secondary N) is 1. The molecule has 1 aromatic carbocycles. The van der Waals surface area contributed by atoms with Crippen molar-refractivity contribution in [3.63, 3.8) is 0 Å². The number of aromatic nitrogens is 1. The fourth-order valence-corrected chi connectivity index (χ4v) is 2.42. The van der Waals surface area contributed by atoms with E-state index >= 15 is 0 Å². The first kappa shape index (κ1) is 13.1. The second-order valence-electron chi connectivity index (χ2n) is 5.08. The van der Waals surface area contributed by atoms with Crippen molar-refractivity contribution in [2.75, 3.05) is 0 Å². The Bertz CT molecular complexity index is 594. The minimum absolute atomic E-state index is 0.0555. The van der Waals surface area contributed by atoms with E-state index in [0.29, 0.717) is 16.5 Å². The van der Waals surface area contributed by atoms with Crippen LogP contribution in [-0.4, -0.2) is 10.9 Å². The molecular formula is C16H15ClN2O. The third-order valence-electron chi connectivity index (χ3n) is 3.53.